The molecule has 0 saturated carbocycles. The van der Waals surface area contributed by atoms with Gasteiger partial charge in [-0.05, 0) is 24.3 Å². The second-order valence-electron chi connectivity index (χ2n) is 2.76. The molecule has 0 aliphatic rings. The van der Waals surface area contributed by atoms with Crippen molar-refractivity contribution in [3.63, 3.8) is 0 Å². The summed E-state index contributed by atoms with van der Waals surface area (Å²) < 4.78 is 0. The van der Waals surface area contributed by atoms with E-state index in [2.05, 4.69) is 5.32 Å². The minimum atomic E-state index is -0.461. The SMILES string of the molecule is NNC(=O)CNC(=O)c1ccc(Cl)cc1. The summed E-state index contributed by atoms with van der Waals surface area (Å²) in [5, 5.41) is 2.94. The van der Waals surface area contributed by atoms with Gasteiger partial charge in [0.05, 0.1) is 6.54 Å². The number of amides is 2. The number of rotatable bonds is 3. The van der Waals surface area contributed by atoms with Crippen LogP contribution in [0.3, 0.4) is 0 Å². The summed E-state index contributed by atoms with van der Waals surface area (Å²) in [6, 6.07) is 6.33. The van der Waals surface area contributed by atoms with Gasteiger partial charge < -0.3 is 5.32 Å². The van der Waals surface area contributed by atoms with E-state index in [1.165, 1.54) is 0 Å². The van der Waals surface area contributed by atoms with Crippen molar-refractivity contribution in [2.45, 2.75) is 0 Å². The van der Waals surface area contributed by atoms with Crippen LogP contribution in [0.4, 0.5) is 0 Å². The first-order valence-electron chi connectivity index (χ1n) is 4.16. The zero-order chi connectivity index (χ0) is 11.3. The minimum Gasteiger partial charge on any atom is -0.343 e. The summed E-state index contributed by atoms with van der Waals surface area (Å²) in [5.74, 6) is 4.04. The normalized spacial score (nSPS) is 9.47. The second-order valence-corrected chi connectivity index (χ2v) is 3.19. The van der Waals surface area contributed by atoms with E-state index in [1.54, 1.807) is 24.3 Å². The first-order chi connectivity index (χ1) is 7.13. The summed E-state index contributed by atoms with van der Waals surface area (Å²) in [5.41, 5.74) is 2.34. The minimum absolute atomic E-state index is 0.155. The van der Waals surface area contributed by atoms with Gasteiger partial charge in [0.25, 0.3) is 11.8 Å². The summed E-state index contributed by atoms with van der Waals surface area (Å²) in [6.07, 6.45) is 0. The molecule has 0 bridgehead atoms. The molecule has 1 rings (SSSR count). The lowest BCUT2D eigenvalue weighted by molar-refractivity contribution is -0.120. The molecule has 0 aromatic heterocycles. The van der Waals surface area contributed by atoms with E-state index >= 15 is 0 Å². The van der Waals surface area contributed by atoms with E-state index in [-0.39, 0.29) is 12.5 Å². The number of nitrogens with two attached hydrogens (primary N) is 1. The van der Waals surface area contributed by atoms with Crippen molar-refractivity contribution in [3.05, 3.63) is 34.9 Å². The predicted molar refractivity (Wildman–Crippen MR) is 56.1 cm³/mol. The van der Waals surface area contributed by atoms with E-state index < -0.39 is 5.91 Å². The number of carbonyl (C=O) groups is 2. The molecular weight excluding hydrogens is 218 g/mol. The quantitative estimate of drug-likeness (QED) is 0.388. The molecule has 1 aromatic carbocycles. The topological polar surface area (TPSA) is 84.2 Å². The molecule has 1 aromatic rings. The molecule has 0 spiro atoms. The Morgan fingerprint density at radius 3 is 2.40 bits per heavy atom. The molecule has 0 fully saturated rings. The van der Waals surface area contributed by atoms with Crippen molar-refractivity contribution in [1.82, 2.24) is 10.7 Å². The molecule has 0 saturated heterocycles. The number of hydrogen-bond donors (Lipinski definition) is 3. The predicted octanol–water partition coefficient (Wildman–Crippen LogP) is 0.0597. The van der Waals surface area contributed by atoms with Crippen molar-refractivity contribution in [2.75, 3.05) is 6.54 Å². The molecule has 0 unspecified atom stereocenters. The van der Waals surface area contributed by atoms with Crippen molar-refractivity contribution in [2.24, 2.45) is 5.84 Å². The van der Waals surface area contributed by atoms with Crippen molar-refractivity contribution < 1.29 is 9.59 Å². The summed E-state index contributed by atoms with van der Waals surface area (Å²) in [7, 11) is 0. The number of nitrogens with one attached hydrogen (secondary N) is 2. The molecule has 2 amide bonds. The van der Waals surface area contributed by atoms with Crippen molar-refractivity contribution in [1.29, 1.82) is 0 Å². The Morgan fingerprint density at radius 1 is 1.27 bits per heavy atom. The monoisotopic (exact) mass is 227 g/mol. The van der Waals surface area contributed by atoms with Gasteiger partial charge in [0.1, 0.15) is 0 Å². The Morgan fingerprint density at radius 2 is 1.87 bits per heavy atom. The molecule has 0 radical (unpaired) electrons. The molecule has 6 heteroatoms. The van der Waals surface area contributed by atoms with Gasteiger partial charge >= 0.3 is 0 Å². The highest BCUT2D eigenvalue weighted by atomic mass is 35.5. The summed E-state index contributed by atoms with van der Waals surface area (Å²) in [4.78, 5) is 22.1. The summed E-state index contributed by atoms with van der Waals surface area (Å²) in [6.45, 7) is -0.155. The van der Waals surface area contributed by atoms with Crippen molar-refractivity contribution >= 4 is 23.4 Å². The average Bonchev–Trinajstić information content (AvgIpc) is 2.26. The van der Waals surface area contributed by atoms with E-state index in [0.29, 0.717) is 10.6 Å². The number of hydrazine groups is 1. The molecule has 0 heterocycles. The molecule has 80 valence electrons. The van der Waals surface area contributed by atoms with E-state index in [4.69, 9.17) is 17.4 Å². The zero-order valence-corrected chi connectivity index (χ0v) is 8.54. The maximum atomic E-state index is 11.4. The molecule has 0 aliphatic carbocycles. The third-order valence-corrected chi connectivity index (χ3v) is 1.93. The second kappa shape index (κ2) is 5.33. The van der Waals surface area contributed by atoms with Gasteiger partial charge in [-0.2, -0.15) is 0 Å². The molecule has 4 N–H and O–H groups in total. The lowest BCUT2D eigenvalue weighted by atomic mass is 10.2. The maximum absolute atomic E-state index is 11.4. The largest absolute Gasteiger partial charge is 0.343 e. The lowest BCUT2D eigenvalue weighted by Crippen LogP contribution is -2.40. The van der Waals surface area contributed by atoms with Crippen LogP contribution in [0.25, 0.3) is 0 Å². The van der Waals surface area contributed by atoms with Crippen LogP contribution in [0.1, 0.15) is 10.4 Å². The highest BCUT2D eigenvalue weighted by Crippen LogP contribution is 2.08. The Kier molecular flexibility index (Phi) is 4.08. The highest BCUT2D eigenvalue weighted by Gasteiger charge is 2.06. The highest BCUT2D eigenvalue weighted by molar-refractivity contribution is 6.30. The first kappa shape index (κ1) is 11.5. The molecule has 15 heavy (non-hydrogen) atoms. The number of carbonyl (C=O) groups excluding carboxylic acids is 2. The van der Waals surface area contributed by atoms with Gasteiger partial charge in [-0.3, -0.25) is 15.0 Å². The Balaban J connectivity index is 2.54. The van der Waals surface area contributed by atoms with Crippen molar-refractivity contribution in [3.8, 4) is 0 Å². The van der Waals surface area contributed by atoms with Crippen LogP contribution >= 0.6 is 11.6 Å². The molecule has 5 nitrogen and oxygen atoms in total. The van der Waals surface area contributed by atoms with E-state index in [1.807, 2.05) is 5.43 Å². The van der Waals surface area contributed by atoms with Gasteiger partial charge in [0, 0.05) is 10.6 Å². The molecule has 0 atom stereocenters. The maximum Gasteiger partial charge on any atom is 0.253 e. The van der Waals surface area contributed by atoms with Crippen LogP contribution in [-0.4, -0.2) is 18.4 Å². The van der Waals surface area contributed by atoms with Crippen LogP contribution < -0.4 is 16.6 Å². The lowest BCUT2D eigenvalue weighted by Gasteiger charge is -2.03. The third kappa shape index (κ3) is 3.57. The van der Waals surface area contributed by atoms with Gasteiger partial charge in [-0.1, -0.05) is 11.6 Å². The fourth-order valence-electron chi connectivity index (χ4n) is 0.915. The van der Waals surface area contributed by atoms with Gasteiger partial charge in [-0.15, -0.1) is 0 Å². The fraction of sp³-hybridized carbons (Fsp3) is 0.111. The van der Waals surface area contributed by atoms with E-state index in [9.17, 15) is 9.59 Å². The Labute approximate surface area is 91.6 Å². The first-order valence-corrected chi connectivity index (χ1v) is 4.54. The number of benzene rings is 1. The average molecular weight is 228 g/mol. The van der Waals surface area contributed by atoms with Crippen LogP contribution in [-0.2, 0) is 4.79 Å². The van der Waals surface area contributed by atoms with Crippen LogP contribution in [0.5, 0.6) is 0 Å². The van der Waals surface area contributed by atoms with Gasteiger partial charge in [-0.25, -0.2) is 5.84 Å². The van der Waals surface area contributed by atoms with Gasteiger partial charge in [0.15, 0.2) is 0 Å². The fourth-order valence-corrected chi connectivity index (χ4v) is 1.04. The van der Waals surface area contributed by atoms with Crippen LogP contribution in [0, 0.1) is 0 Å². The van der Waals surface area contributed by atoms with Crippen LogP contribution in [0.2, 0.25) is 5.02 Å². The third-order valence-electron chi connectivity index (χ3n) is 1.68. The zero-order valence-electron chi connectivity index (χ0n) is 7.79. The Hall–Kier alpha value is -1.59. The Bertz CT molecular complexity index is 364. The number of hydrogen-bond acceptors (Lipinski definition) is 3. The number of halogens is 1. The van der Waals surface area contributed by atoms with Gasteiger partial charge in [0.2, 0.25) is 0 Å². The smallest absolute Gasteiger partial charge is 0.253 e. The van der Waals surface area contributed by atoms with E-state index in [0.717, 1.165) is 0 Å². The molecule has 0 aliphatic heterocycles. The standard InChI is InChI=1S/C9H10ClN3O2/c10-7-3-1-6(2-4-7)9(15)12-5-8(14)13-11/h1-4H,5,11H2,(H,12,15)(H,13,14). The molecular formula is C9H10ClN3O2. The summed E-state index contributed by atoms with van der Waals surface area (Å²) >= 11 is 5.65. The van der Waals surface area contributed by atoms with Crippen LogP contribution in [0.15, 0.2) is 24.3 Å².